The third kappa shape index (κ3) is 1.66. The van der Waals surface area contributed by atoms with Crippen molar-refractivity contribution in [3.05, 3.63) is 0 Å². The van der Waals surface area contributed by atoms with Gasteiger partial charge in [-0.3, -0.25) is 0 Å². The fourth-order valence-electron chi connectivity index (χ4n) is 0.721. The molecular formula is C5H10O3S. The van der Waals surface area contributed by atoms with Gasteiger partial charge in [0, 0.05) is 0 Å². The molecule has 0 atom stereocenters. The zero-order chi connectivity index (χ0) is 6.91. The predicted octanol–water partition coefficient (Wildman–Crippen LogP) is -0.444. The summed E-state index contributed by atoms with van der Waals surface area (Å²) in [5.41, 5.74) is 0. The van der Waals surface area contributed by atoms with Crippen LogP contribution in [0.5, 0.6) is 0 Å². The highest BCUT2D eigenvalue weighted by atomic mass is 32.2. The monoisotopic (exact) mass is 150 g/mol. The summed E-state index contributed by atoms with van der Waals surface area (Å²) in [5, 5.41) is 8.18. The third-order valence-electron chi connectivity index (χ3n) is 1.41. The average Bonchev–Trinajstić information content (AvgIpc) is 2.41. The molecule has 9 heavy (non-hydrogen) atoms. The van der Waals surface area contributed by atoms with Crippen molar-refractivity contribution in [2.24, 2.45) is 0 Å². The van der Waals surface area contributed by atoms with Crippen LogP contribution in [0, 0.1) is 0 Å². The lowest BCUT2D eigenvalue weighted by Gasteiger charge is -1.95. The van der Waals surface area contributed by atoms with Gasteiger partial charge in [0.25, 0.3) is 0 Å². The van der Waals surface area contributed by atoms with Crippen molar-refractivity contribution in [3.8, 4) is 0 Å². The van der Waals surface area contributed by atoms with E-state index in [1.165, 1.54) is 0 Å². The Morgan fingerprint density at radius 1 is 1.44 bits per heavy atom. The van der Waals surface area contributed by atoms with Gasteiger partial charge in [0.15, 0.2) is 9.84 Å². The van der Waals surface area contributed by atoms with Crippen LogP contribution in [0.4, 0.5) is 0 Å². The van der Waals surface area contributed by atoms with Crippen LogP contribution in [-0.2, 0) is 9.84 Å². The van der Waals surface area contributed by atoms with Gasteiger partial charge in [-0.2, -0.15) is 0 Å². The second-order valence-corrected chi connectivity index (χ2v) is 4.69. The van der Waals surface area contributed by atoms with Gasteiger partial charge in [0.1, 0.15) is 0 Å². The second-order valence-electron chi connectivity index (χ2n) is 2.29. The Kier molecular flexibility index (Phi) is 1.77. The minimum Gasteiger partial charge on any atom is -0.395 e. The smallest absolute Gasteiger partial charge is 0.155 e. The van der Waals surface area contributed by atoms with Crippen molar-refractivity contribution < 1.29 is 13.5 Å². The van der Waals surface area contributed by atoms with Gasteiger partial charge in [0.2, 0.25) is 0 Å². The fraction of sp³-hybridized carbons (Fsp3) is 1.00. The van der Waals surface area contributed by atoms with E-state index in [1.54, 1.807) is 0 Å². The molecule has 54 valence electrons. The zero-order valence-corrected chi connectivity index (χ0v) is 5.89. The van der Waals surface area contributed by atoms with E-state index in [4.69, 9.17) is 5.11 Å². The maximum absolute atomic E-state index is 10.8. The minimum absolute atomic E-state index is 0.0579. The molecule has 1 N–H and O–H groups in total. The highest BCUT2D eigenvalue weighted by molar-refractivity contribution is 7.92. The molecule has 0 aliphatic heterocycles. The SMILES string of the molecule is O=S(=O)(CCO)C1CC1. The van der Waals surface area contributed by atoms with Crippen molar-refractivity contribution in [2.75, 3.05) is 12.4 Å². The Bertz CT molecular complexity index is 178. The first-order valence-corrected chi connectivity index (χ1v) is 4.71. The molecule has 1 aliphatic rings. The summed E-state index contributed by atoms with van der Waals surface area (Å²) in [5.74, 6) is -0.0579. The first-order chi connectivity index (χ1) is 4.17. The van der Waals surface area contributed by atoms with Crippen LogP contribution < -0.4 is 0 Å². The number of hydrogen-bond donors (Lipinski definition) is 1. The molecule has 1 rings (SSSR count). The summed E-state index contributed by atoms with van der Waals surface area (Å²) in [6, 6.07) is 0. The van der Waals surface area contributed by atoms with Gasteiger partial charge in [-0.05, 0) is 12.8 Å². The van der Waals surface area contributed by atoms with Crippen LogP contribution in [0.1, 0.15) is 12.8 Å². The summed E-state index contributed by atoms with van der Waals surface area (Å²) in [6.45, 7) is -0.237. The van der Waals surface area contributed by atoms with Crippen LogP contribution >= 0.6 is 0 Å². The summed E-state index contributed by atoms with van der Waals surface area (Å²) in [4.78, 5) is 0. The normalized spacial score (nSPS) is 20.1. The molecule has 1 saturated carbocycles. The summed E-state index contributed by atoms with van der Waals surface area (Å²) in [7, 11) is -2.89. The van der Waals surface area contributed by atoms with Crippen LogP contribution in [0.25, 0.3) is 0 Å². The molecule has 0 aromatic rings. The molecule has 0 bridgehead atoms. The molecule has 0 aromatic heterocycles. The van der Waals surface area contributed by atoms with E-state index < -0.39 is 9.84 Å². The molecule has 0 amide bonds. The Morgan fingerprint density at radius 3 is 2.33 bits per heavy atom. The van der Waals surface area contributed by atoms with Crippen molar-refractivity contribution >= 4 is 9.84 Å². The lowest BCUT2D eigenvalue weighted by Crippen LogP contribution is -2.14. The summed E-state index contributed by atoms with van der Waals surface area (Å²) < 4.78 is 21.7. The largest absolute Gasteiger partial charge is 0.395 e. The average molecular weight is 150 g/mol. The van der Waals surface area contributed by atoms with E-state index in [1.807, 2.05) is 0 Å². The molecule has 0 radical (unpaired) electrons. The molecule has 1 aliphatic carbocycles. The zero-order valence-electron chi connectivity index (χ0n) is 5.08. The topological polar surface area (TPSA) is 54.4 Å². The predicted molar refractivity (Wildman–Crippen MR) is 33.9 cm³/mol. The number of hydrogen-bond acceptors (Lipinski definition) is 3. The van der Waals surface area contributed by atoms with Gasteiger partial charge in [-0.1, -0.05) is 0 Å². The lowest BCUT2D eigenvalue weighted by atomic mass is 10.9. The van der Waals surface area contributed by atoms with Gasteiger partial charge in [0.05, 0.1) is 17.6 Å². The van der Waals surface area contributed by atoms with Crippen molar-refractivity contribution in [2.45, 2.75) is 18.1 Å². The quantitative estimate of drug-likeness (QED) is 0.593. The summed E-state index contributed by atoms with van der Waals surface area (Å²) >= 11 is 0. The van der Waals surface area contributed by atoms with E-state index in [9.17, 15) is 8.42 Å². The van der Waals surface area contributed by atoms with E-state index in [2.05, 4.69) is 0 Å². The van der Waals surface area contributed by atoms with Crippen molar-refractivity contribution in [3.63, 3.8) is 0 Å². The Hall–Kier alpha value is -0.0900. The Morgan fingerprint density at radius 2 is 2.00 bits per heavy atom. The molecule has 0 aromatic carbocycles. The van der Waals surface area contributed by atoms with E-state index >= 15 is 0 Å². The van der Waals surface area contributed by atoms with E-state index in [0.717, 1.165) is 12.8 Å². The number of sulfone groups is 1. The molecule has 0 spiro atoms. The summed E-state index contributed by atoms with van der Waals surface area (Å²) in [6.07, 6.45) is 1.59. The van der Waals surface area contributed by atoms with E-state index in [0.29, 0.717) is 0 Å². The van der Waals surface area contributed by atoms with Gasteiger partial charge in [-0.25, -0.2) is 8.42 Å². The molecule has 0 unspecified atom stereocenters. The fourth-order valence-corrected chi connectivity index (χ4v) is 2.16. The van der Waals surface area contributed by atoms with Crippen molar-refractivity contribution in [1.82, 2.24) is 0 Å². The van der Waals surface area contributed by atoms with E-state index in [-0.39, 0.29) is 17.6 Å². The van der Waals surface area contributed by atoms with Gasteiger partial charge >= 0.3 is 0 Å². The van der Waals surface area contributed by atoms with Gasteiger partial charge < -0.3 is 5.11 Å². The third-order valence-corrected chi connectivity index (χ3v) is 3.65. The molecule has 4 heteroatoms. The standard InChI is InChI=1S/C5H10O3S/c6-3-4-9(7,8)5-1-2-5/h5-6H,1-4H2. The van der Waals surface area contributed by atoms with Crippen molar-refractivity contribution in [1.29, 1.82) is 0 Å². The maximum Gasteiger partial charge on any atom is 0.155 e. The van der Waals surface area contributed by atoms with Crippen LogP contribution in [0.15, 0.2) is 0 Å². The second kappa shape index (κ2) is 2.27. The first kappa shape index (κ1) is 7.02. The number of rotatable bonds is 3. The molecule has 1 fully saturated rings. The highest BCUT2D eigenvalue weighted by Crippen LogP contribution is 2.28. The Labute approximate surface area is 54.6 Å². The molecule has 0 heterocycles. The van der Waals surface area contributed by atoms with Crippen LogP contribution in [-0.4, -0.2) is 31.1 Å². The number of aliphatic hydroxyl groups is 1. The highest BCUT2D eigenvalue weighted by Gasteiger charge is 2.34. The first-order valence-electron chi connectivity index (χ1n) is 2.99. The molecule has 0 saturated heterocycles. The van der Waals surface area contributed by atoms with Crippen LogP contribution in [0.2, 0.25) is 0 Å². The van der Waals surface area contributed by atoms with Gasteiger partial charge in [-0.15, -0.1) is 0 Å². The lowest BCUT2D eigenvalue weighted by molar-refractivity contribution is 0.319. The Balaban J connectivity index is 2.51. The molecular weight excluding hydrogens is 140 g/mol. The minimum atomic E-state index is -2.89. The van der Waals surface area contributed by atoms with Crippen LogP contribution in [0.3, 0.4) is 0 Å². The molecule has 3 nitrogen and oxygen atoms in total. The number of aliphatic hydroxyl groups excluding tert-OH is 1. The maximum atomic E-state index is 10.8.